The van der Waals surface area contributed by atoms with Gasteiger partial charge in [0.05, 0.1) is 11.3 Å². The van der Waals surface area contributed by atoms with Gasteiger partial charge in [0.15, 0.2) is 0 Å². The third-order valence-electron chi connectivity index (χ3n) is 2.81. The number of halogens is 3. The van der Waals surface area contributed by atoms with E-state index in [4.69, 9.17) is 10.8 Å². The second kappa shape index (κ2) is 5.49. The molecule has 0 spiro atoms. The summed E-state index contributed by atoms with van der Waals surface area (Å²) in [6.45, 7) is 0. The lowest BCUT2D eigenvalue weighted by atomic mass is 10.2. The van der Waals surface area contributed by atoms with E-state index in [1.165, 1.54) is 7.05 Å². The van der Waals surface area contributed by atoms with Crippen LogP contribution in [-0.4, -0.2) is 20.9 Å². The molecule has 9 heteroatoms. The number of hydrogen-bond acceptors (Lipinski definition) is 4. The summed E-state index contributed by atoms with van der Waals surface area (Å²) in [5.41, 5.74) is 5.05. The summed E-state index contributed by atoms with van der Waals surface area (Å²) >= 11 is 1.14. The van der Waals surface area contributed by atoms with Gasteiger partial charge in [0.1, 0.15) is 11.4 Å². The molecule has 0 fully saturated rings. The van der Waals surface area contributed by atoms with Gasteiger partial charge in [-0.05, 0) is 18.2 Å². The zero-order valence-electron chi connectivity index (χ0n) is 10.9. The number of aromatic nitrogens is 2. The van der Waals surface area contributed by atoms with Crippen LogP contribution in [0.3, 0.4) is 0 Å². The number of carbonyl (C=O) groups is 1. The van der Waals surface area contributed by atoms with Crippen LogP contribution in [-0.2, 0) is 18.0 Å². The summed E-state index contributed by atoms with van der Waals surface area (Å²) in [5, 5.41) is 12.5. The Kier molecular flexibility index (Phi) is 4.06. The largest absolute Gasteiger partial charge is 0.481 e. The van der Waals surface area contributed by atoms with E-state index in [0.29, 0.717) is 9.75 Å². The van der Waals surface area contributed by atoms with E-state index >= 15 is 0 Å². The predicted molar refractivity (Wildman–Crippen MR) is 70.7 cm³/mol. The summed E-state index contributed by atoms with van der Waals surface area (Å²) in [4.78, 5) is 11.7. The van der Waals surface area contributed by atoms with Crippen molar-refractivity contribution in [2.24, 2.45) is 12.8 Å². The number of nitrogens with zero attached hydrogens (tertiary/aromatic N) is 2. The van der Waals surface area contributed by atoms with Crippen molar-refractivity contribution in [3.8, 4) is 10.6 Å². The molecule has 0 aromatic carbocycles. The van der Waals surface area contributed by atoms with Crippen LogP contribution in [0, 0.1) is 0 Å². The van der Waals surface area contributed by atoms with Crippen LogP contribution < -0.4 is 5.73 Å². The number of aliphatic carboxylic acids is 1. The van der Waals surface area contributed by atoms with E-state index < -0.39 is 23.9 Å². The van der Waals surface area contributed by atoms with Crippen LogP contribution in [0.25, 0.3) is 10.6 Å². The molecule has 0 bridgehead atoms. The molecule has 2 heterocycles. The predicted octanol–water partition coefficient (Wildman–Crippen LogP) is 2.64. The van der Waals surface area contributed by atoms with Crippen LogP contribution in [0.2, 0.25) is 0 Å². The molecule has 2 aromatic heterocycles. The van der Waals surface area contributed by atoms with Crippen LogP contribution in [0.15, 0.2) is 18.2 Å². The lowest BCUT2D eigenvalue weighted by Crippen LogP contribution is -2.13. The van der Waals surface area contributed by atoms with Gasteiger partial charge < -0.3 is 10.8 Å². The molecule has 0 aliphatic carbocycles. The molecule has 3 N–H and O–H groups in total. The first kappa shape index (κ1) is 15.5. The Morgan fingerprint density at radius 2 is 2.19 bits per heavy atom. The first-order valence-corrected chi connectivity index (χ1v) is 6.69. The fourth-order valence-corrected chi connectivity index (χ4v) is 2.80. The number of aryl methyl sites for hydroxylation is 1. The molecule has 2 rings (SSSR count). The van der Waals surface area contributed by atoms with E-state index in [9.17, 15) is 18.0 Å². The minimum absolute atomic E-state index is 0.184. The average Bonchev–Trinajstić information content (AvgIpc) is 2.92. The summed E-state index contributed by atoms with van der Waals surface area (Å²) < 4.78 is 38.9. The molecule has 114 valence electrons. The Bertz CT molecular complexity index is 663. The topological polar surface area (TPSA) is 81.1 Å². The average molecular weight is 319 g/mol. The Balaban J connectivity index is 2.28. The van der Waals surface area contributed by atoms with Crippen molar-refractivity contribution < 1.29 is 23.1 Å². The Morgan fingerprint density at radius 3 is 2.71 bits per heavy atom. The molecule has 0 saturated heterocycles. The van der Waals surface area contributed by atoms with Gasteiger partial charge in [0.25, 0.3) is 0 Å². The molecule has 1 unspecified atom stereocenters. The number of thiophene rings is 1. The Hall–Kier alpha value is -1.87. The van der Waals surface area contributed by atoms with Gasteiger partial charge >= 0.3 is 12.1 Å². The summed E-state index contributed by atoms with van der Waals surface area (Å²) in [5.74, 6) is -1.03. The molecule has 0 saturated carbocycles. The van der Waals surface area contributed by atoms with E-state index in [1.807, 2.05) is 0 Å². The third kappa shape index (κ3) is 3.42. The van der Waals surface area contributed by atoms with E-state index in [1.54, 1.807) is 12.1 Å². The van der Waals surface area contributed by atoms with Gasteiger partial charge in [-0.3, -0.25) is 9.48 Å². The smallest absolute Gasteiger partial charge is 0.433 e. The number of carboxylic acids is 1. The second-order valence-electron chi connectivity index (χ2n) is 4.44. The van der Waals surface area contributed by atoms with Crippen molar-refractivity contribution in [3.63, 3.8) is 0 Å². The van der Waals surface area contributed by atoms with Crippen LogP contribution in [0.4, 0.5) is 13.2 Å². The van der Waals surface area contributed by atoms with Crippen molar-refractivity contribution >= 4 is 17.3 Å². The van der Waals surface area contributed by atoms with Crippen molar-refractivity contribution in [2.75, 3.05) is 0 Å². The highest BCUT2D eigenvalue weighted by Gasteiger charge is 2.35. The quantitative estimate of drug-likeness (QED) is 0.908. The SMILES string of the molecule is Cn1nc(-c2ccc(C(N)CC(=O)O)s2)cc1C(F)(F)F. The normalized spacial score (nSPS) is 13.4. The molecule has 0 aliphatic rings. The van der Waals surface area contributed by atoms with Gasteiger partial charge in [-0.1, -0.05) is 0 Å². The maximum atomic E-state index is 12.7. The van der Waals surface area contributed by atoms with Gasteiger partial charge in [-0.15, -0.1) is 11.3 Å². The van der Waals surface area contributed by atoms with E-state index in [2.05, 4.69) is 5.10 Å². The van der Waals surface area contributed by atoms with Gasteiger partial charge in [0.2, 0.25) is 0 Å². The second-order valence-corrected chi connectivity index (χ2v) is 5.56. The minimum Gasteiger partial charge on any atom is -0.481 e. The number of alkyl halides is 3. The number of carboxylic acid groups (broad SMARTS) is 1. The summed E-state index contributed by atoms with van der Waals surface area (Å²) in [6.07, 6.45) is -4.71. The fraction of sp³-hybridized carbons (Fsp3) is 0.333. The maximum absolute atomic E-state index is 12.7. The van der Waals surface area contributed by atoms with E-state index in [0.717, 1.165) is 22.1 Å². The molecule has 5 nitrogen and oxygen atoms in total. The monoisotopic (exact) mass is 319 g/mol. The summed E-state index contributed by atoms with van der Waals surface area (Å²) in [6, 6.07) is 3.46. The fourth-order valence-electron chi connectivity index (χ4n) is 1.83. The first-order chi connectivity index (χ1) is 9.68. The Morgan fingerprint density at radius 1 is 1.52 bits per heavy atom. The number of nitrogens with two attached hydrogens (primary N) is 1. The number of hydrogen-bond donors (Lipinski definition) is 2. The molecule has 21 heavy (non-hydrogen) atoms. The van der Waals surface area contributed by atoms with Crippen molar-refractivity contribution in [2.45, 2.75) is 18.6 Å². The molecule has 0 aliphatic heterocycles. The van der Waals surface area contributed by atoms with Crippen LogP contribution in [0.5, 0.6) is 0 Å². The van der Waals surface area contributed by atoms with Crippen molar-refractivity contribution in [1.82, 2.24) is 9.78 Å². The standard InChI is InChI=1S/C12H12F3N3O2S/c1-18-10(12(13,14)15)5-7(17-18)9-3-2-8(21-9)6(16)4-11(19)20/h2-3,5-6H,4,16H2,1H3,(H,19,20). The zero-order chi connectivity index (χ0) is 15.8. The molecule has 0 radical (unpaired) electrons. The van der Waals surface area contributed by atoms with E-state index in [-0.39, 0.29) is 12.1 Å². The van der Waals surface area contributed by atoms with Gasteiger partial charge in [0, 0.05) is 18.0 Å². The highest BCUT2D eigenvalue weighted by Crippen LogP contribution is 2.35. The highest BCUT2D eigenvalue weighted by atomic mass is 32.1. The molecule has 1 atom stereocenters. The highest BCUT2D eigenvalue weighted by molar-refractivity contribution is 7.15. The molecule has 0 amide bonds. The van der Waals surface area contributed by atoms with Crippen LogP contribution in [0.1, 0.15) is 23.0 Å². The third-order valence-corrected chi connectivity index (χ3v) is 4.05. The Labute approximate surface area is 121 Å². The summed E-state index contributed by atoms with van der Waals surface area (Å²) in [7, 11) is 1.22. The lowest BCUT2D eigenvalue weighted by Gasteiger charge is -2.04. The first-order valence-electron chi connectivity index (χ1n) is 5.87. The number of rotatable bonds is 4. The minimum atomic E-state index is -4.47. The van der Waals surface area contributed by atoms with Gasteiger partial charge in [-0.25, -0.2) is 0 Å². The molecular formula is C12H12F3N3O2S. The van der Waals surface area contributed by atoms with Crippen molar-refractivity contribution in [1.29, 1.82) is 0 Å². The lowest BCUT2D eigenvalue weighted by molar-refractivity contribution is -0.143. The van der Waals surface area contributed by atoms with Crippen LogP contribution >= 0.6 is 11.3 Å². The molecular weight excluding hydrogens is 307 g/mol. The maximum Gasteiger partial charge on any atom is 0.433 e. The van der Waals surface area contributed by atoms with Gasteiger partial charge in [-0.2, -0.15) is 18.3 Å². The zero-order valence-corrected chi connectivity index (χ0v) is 11.7. The molecule has 2 aromatic rings. The van der Waals surface area contributed by atoms with Crippen molar-refractivity contribution in [3.05, 3.63) is 28.8 Å².